The van der Waals surface area contributed by atoms with Crippen molar-refractivity contribution >= 4 is 0 Å². The van der Waals surface area contributed by atoms with Crippen LogP contribution in [0.25, 0.3) is 0 Å². The molecule has 0 heterocycles. The lowest BCUT2D eigenvalue weighted by molar-refractivity contribution is -0.0820. The summed E-state index contributed by atoms with van der Waals surface area (Å²) in [5, 5.41) is 10.1. The van der Waals surface area contributed by atoms with Crippen LogP contribution < -0.4 is 5.73 Å². The van der Waals surface area contributed by atoms with Crippen molar-refractivity contribution in [2.75, 3.05) is 6.61 Å². The second kappa shape index (κ2) is 4.81. The van der Waals surface area contributed by atoms with Crippen molar-refractivity contribution in [1.82, 2.24) is 0 Å². The Bertz CT molecular complexity index is 202. The van der Waals surface area contributed by atoms with Gasteiger partial charge in [0, 0.05) is 6.04 Å². The van der Waals surface area contributed by atoms with Gasteiger partial charge in [-0.25, -0.2) is 0 Å². The first-order valence-electron chi connectivity index (χ1n) is 6.29. The predicted octanol–water partition coefficient (Wildman–Crippen LogP) is 1.58. The van der Waals surface area contributed by atoms with Crippen molar-refractivity contribution in [3.05, 3.63) is 0 Å². The molecular weight excluding hydrogens is 190 g/mol. The van der Waals surface area contributed by atoms with E-state index in [1.165, 1.54) is 12.8 Å². The molecule has 0 amide bonds. The Morgan fingerprint density at radius 3 is 2.47 bits per heavy atom. The molecule has 0 spiro atoms. The summed E-state index contributed by atoms with van der Waals surface area (Å²) in [4.78, 5) is 0. The Kier molecular flexibility index (Phi) is 3.65. The van der Waals surface area contributed by atoms with Crippen molar-refractivity contribution in [3.63, 3.8) is 0 Å². The topological polar surface area (TPSA) is 55.5 Å². The minimum absolute atomic E-state index is 0.184. The fourth-order valence-corrected chi connectivity index (χ4v) is 2.77. The lowest BCUT2D eigenvalue weighted by Gasteiger charge is -2.32. The van der Waals surface area contributed by atoms with Crippen LogP contribution >= 0.6 is 0 Å². The molecule has 2 saturated carbocycles. The first-order valence-corrected chi connectivity index (χ1v) is 6.29. The van der Waals surface area contributed by atoms with Gasteiger partial charge in [-0.2, -0.15) is 0 Å². The van der Waals surface area contributed by atoms with Crippen LogP contribution in [0, 0.1) is 0 Å². The van der Waals surface area contributed by atoms with Gasteiger partial charge in [0.1, 0.15) is 0 Å². The summed E-state index contributed by atoms with van der Waals surface area (Å²) in [5.41, 5.74) is 5.46. The first kappa shape index (κ1) is 11.4. The molecule has 0 aromatic carbocycles. The predicted molar refractivity (Wildman–Crippen MR) is 59.6 cm³/mol. The number of nitrogens with two attached hydrogens (primary N) is 1. The lowest BCUT2D eigenvalue weighted by atomic mass is 9.93. The zero-order chi connectivity index (χ0) is 10.7. The third kappa shape index (κ3) is 2.92. The molecule has 0 aliphatic heterocycles. The summed E-state index contributed by atoms with van der Waals surface area (Å²) >= 11 is 0. The number of ether oxygens (including phenoxy) is 1. The molecule has 2 atom stereocenters. The summed E-state index contributed by atoms with van der Waals surface area (Å²) in [7, 11) is 0. The van der Waals surface area contributed by atoms with E-state index in [2.05, 4.69) is 0 Å². The molecule has 0 saturated heterocycles. The second-order valence-electron chi connectivity index (χ2n) is 5.23. The highest BCUT2D eigenvalue weighted by Crippen LogP contribution is 2.31. The van der Waals surface area contributed by atoms with Gasteiger partial charge in [-0.3, -0.25) is 0 Å². The summed E-state index contributed by atoms with van der Waals surface area (Å²) in [6.07, 6.45) is 8.84. The van der Waals surface area contributed by atoms with Crippen molar-refractivity contribution in [2.24, 2.45) is 5.73 Å². The maximum Gasteiger partial charge on any atom is 0.0880 e. The molecule has 2 unspecified atom stereocenters. The molecule has 88 valence electrons. The van der Waals surface area contributed by atoms with Gasteiger partial charge in [-0.15, -0.1) is 0 Å². The van der Waals surface area contributed by atoms with Crippen LogP contribution in [0.5, 0.6) is 0 Å². The van der Waals surface area contributed by atoms with Gasteiger partial charge >= 0.3 is 0 Å². The number of hydrogen-bond donors (Lipinski definition) is 2. The first-order chi connectivity index (χ1) is 7.20. The van der Waals surface area contributed by atoms with E-state index in [-0.39, 0.29) is 12.1 Å². The molecule has 3 N–H and O–H groups in total. The monoisotopic (exact) mass is 213 g/mol. The summed E-state index contributed by atoms with van der Waals surface area (Å²) in [6, 6.07) is 0.184. The molecule has 0 aromatic rings. The highest BCUT2D eigenvalue weighted by Gasteiger charge is 2.33. The van der Waals surface area contributed by atoms with E-state index in [1.54, 1.807) is 0 Å². The Morgan fingerprint density at radius 2 is 1.80 bits per heavy atom. The number of aliphatic hydroxyl groups is 1. The number of hydrogen-bond acceptors (Lipinski definition) is 3. The molecule has 2 aliphatic carbocycles. The molecule has 2 fully saturated rings. The van der Waals surface area contributed by atoms with E-state index in [9.17, 15) is 5.11 Å². The third-order valence-electron chi connectivity index (χ3n) is 3.85. The average Bonchev–Trinajstić information content (AvgIpc) is 2.65. The quantitative estimate of drug-likeness (QED) is 0.748. The van der Waals surface area contributed by atoms with Crippen LogP contribution in [-0.4, -0.2) is 29.5 Å². The van der Waals surface area contributed by atoms with Crippen molar-refractivity contribution < 1.29 is 9.84 Å². The zero-order valence-electron chi connectivity index (χ0n) is 9.45. The summed E-state index contributed by atoms with van der Waals surface area (Å²) in [6.45, 7) is 0.491. The SMILES string of the molecule is NC1CCCCC1OCC1(O)CCCC1. The minimum Gasteiger partial charge on any atom is -0.387 e. The Morgan fingerprint density at radius 1 is 1.13 bits per heavy atom. The van der Waals surface area contributed by atoms with E-state index >= 15 is 0 Å². The molecule has 3 nitrogen and oxygen atoms in total. The van der Waals surface area contributed by atoms with Crippen LogP contribution in [0.1, 0.15) is 51.4 Å². The van der Waals surface area contributed by atoms with Gasteiger partial charge in [0.25, 0.3) is 0 Å². The summed E-state index contributed by atoms with van der Waals surface area (Å²) < 4.78 is 5.81. The van der Waals surface area contributed by atoms with Crippen LogP contribution in [0.4, 0.5) is 0 Å². The molecular formula is C12H23NO2. The molecule has 0 aromatic heterocycles. The Balaban J connectivity index is 1.76. The standard InChI is InChI=1S/C12H23NO2/c13-10-5-1-2-6-11(10)15-9-12(14)7-3-4-8-12/h10-11,14H,1-9,13H2. The highest BCUT2D eigenvalue weighted by atomic mass is 16.5. The maximum atomic E-state index is 10.1. The highest BCUT2D eigenvalue weighted by molar-refractivity contribution is 4.86. The minimum atomic E-state index is -0.544. The van der Waals surface area contributed by atoms with Crippen LogP contribution in [0.3, 0.4) is 0 Å². The van der Waals surface area contributed by atoms with Crippen molar-refractivity contribution in [3.8, 4) is 0 Å². The average molecular weight is 213 g/mol. The van der Waals surface area contributed by atoms with Crippen molar-refractivity contribution in [1.29, 1.82) is 0 Å². The van der Waals surface area contributed by atoms with Gasteiger partial charge in [0.05, 0.1) is 18.3 Å². The summed E-state index contributed by atoms with van der Waals surface area (Å²) in [5.74, 6) is 0. The van der Waals surface area contributed by atoms with Gasteiger partial charge in [0.15, 0.2) is 0 Å². The maximum absolute atomic E-state index is 10.1. The molecule has 3 heteroatoms. The van der Waals surface area contributed by atoms with Gasteiger partial charge < -0.3 is 15.6 Å². The molecule has 0 bridgehead atoms. The molecule has 2 rings (SSSR count). The molecule has 0 radical (unpaired) electrons. The van der Waals surface area contributed by atoms with Crippen LogP contribution in [-0.2, 0) is 4.74 Å². The van der Waals surface area contributed by atoms with E-state index in [4.69, 9.17) is 10.5 Å². The van der Waals surface area contributed by atoms with E-state index in [0.29, 0.717) is 6.61 Å². The normalized spacial score (nSPS) is 35.6. The van der Waals surface area contributed by atoms with Crippen LogP contribution in [0.2, 0.25) is 0 Å². The fraction of sp³-hybridized carbons (Fsp3) is 1.00. The largest absolute Gasteiger partial charge is 0.387 e. The van der Waals surface area contributed by atoms with Crippen LogP contribution in [0.15, 0.2) is 0 Å². The fourth-order valence-electron chi connectivity index (χ4n) is 2.77. The third-order valence-corrected chi connectivity index (χ3v) is 3.85. The van der Waals surface area contributed by atoms with E-state index < -0.39 is 5.60 Å². The molecule has 2 aliphatic rings. The second-order valence-corrected chi connectivity index (χ2v) is 5.23. The van der Waals surface area contributed by atoms with Gasteiger partial charge in [-0.1, -0.05) is 25.7 Å². The lowest BCUT2D eigenvalue weighted by Crippen LogP contribution is -2.42. The van der Waals surface area contributed by atoms with E-state index in [0.717, 1.165) is 38.5 Å². The smallest absolute Gasteiger partial charge is 0.0880 e. The van der Waals surface area contributed by atoms with Gasteiger partial charge in [0.2, 0.25) is 0 Å². The van der Waals surface area contributed by atoms with Crippen molar-refractivity contribution in [2.45, 2.75) is 69.1 Å². The van der Waals surface area contributed by atoms with E-state index in [1.807, 2.05) is 0 Å². The number of rotatable bonds is 3. The zero-order valence-corrected chi connectivity index (χ0v) is 9.45. The van der Waals surface area contributed by atoms with Gasteiger partial charge in [-0.05, 0) is 25.7 Å². The Hall–Kier alpha value is -0.120. The Labute approximate surface area is 92.0 Å². The molecule has 15 heavy (non-hydrogen) atoms.